The van der Waals surface area contributed by atoms with Gasteiger partial charge in [-0.1, -0.05) is 26.3 Å². The van der Waals surface area contributed by atoms with Crippen LogP contribution in [0, 0.1) is 0 Å². The normalized spacial score (nSPS) is 14.9. The van der Waals surface area contributed by atoms with E-state index in [0.29, 0.717) is 41.7 Å². The third-order valence-corrected chi connectivity index (χ3v) is 4.92. The Morgan fingerprint density at radius 2 is 1.67 bits per heavy atom. The number of barbiturate groups is 1. The van der Waals surface area contributed by atoms with Crippen LogP contribution in [0.25, 0.3) is 6.08 Å². The first kappa shape index (κ1) is 23.8. The molecule has 0 aromatic heterocycles. The fraction of sp³-hybridized carbons (Fsp3) is 0.320. The lowest BCUT2D eigenvalue weighted by Crippen LogP contribution is -2.54. The third-order valence-electron chi connectivity index (χ3n) is 4.92. The van der Waals surface area contributed by atoms with Gasteiger partial charge in [-0.2, -0.15) is 0 Å². The second kappa shape index (κ2) is 11.2. The van der Waals surface area contributed by atoms with E-state index in [4.69, 9.17) is 14.2 Å². The number of carbonyl (C=O) groups excluding carboxylic acids is 3. The van der Waals surface area contributed by atoms with Crippen molar-refractivity contribution in [3.63, 3.8) is 0 Å². The van der Waals surface area contributed by atoms with E-state index in [-0.39, 0.29) is 5.57 Å². The largest absolute Gasteiger partial charge is 0.494 e. The summed E-state index contributed by atoms with van der Waals surface area (Å²) in [7, 11) is 1.51. The van der Waals surface area contributed by atoms with E-state index in [9.17, 15) is 14.4 Å². The number of benzene rings is 2. The molecule has 4 amide bonds. The molecule has 174 valence electrons. The molecule has 8 nitrogen and oxygen atoms in total. The highest BCUT2D eigenvalue weighted by molar-refractivity contribution is 6.39. The van der Waals surface area contributed by atoms with Crippen molar-refractivity contribution in [1.82, 2.24) is 5.32 Å². The monoisotopic (exact) mass is 452 g/mol. The Labute approximate surface area is 193 Å². The zero-order valence-electron chi connectivity index (χ0n) is 19.1. The molecule has 0 bridgehead atoms. The second-order valence-corrected chi connectivity index (χ2v) is 7.41. The van der Waals surface area contributed by atoms with Gasteiger partial charge < -0.3 is 14.2 Å². The van der Waals surface area contributed by atoms with Gasteiger partial charge in [-0.05, 0) is 60.9 Å². The Morgan fingerprint density at radius 1 is 0.909 bits per heavy atom. The number of nitrogens with one attached hydrogen (secondary N) is 1. The number of ether oxygens (including phenoxy) is 3. The van der Waals surface area contributed by atoms with Gasteiger partial charge in [-0.3, -0.25) is 14.9 Å². The van der Waals surface area contributed by atoms with Crippen molar-refractivity contribution < 1.29 is 28.6 Å². The average molecular weight is 453 g/mol. The molecule has 1 aliphatic heterocycles. The smallest absolute Gasteiger partial charge is 0.335 e. The van der Waals surface area contributed by atoms with Gasteiger partial charge in [0.25, 0.3) is 11.8 Å². The summed E-state index contributed by atoms with van der Waals surface area (Å²) >= 11 is 0. The van der Waals surface area contributed by atoms with E-state index in [1.54, 1.807) is 42.5 Å². The van der Waals surface area contributed by atoms with E-state index in [0.717, 1.165) is 24.2 Å². The number of nitrogens with zero attached hydrogens (tertiary/aromatic N) is 1. The molecule has 0 spiro atoms. The van der Waals surface area contributed by atoms with Gasteiger partial charge in [0.15, 0.2) is 11.5 Å². The summed E-state index contributed by atoms with van der Waals surface area (Å²) in [6, 6.07) is 10.9. The van der Waals surface area contributed by atoms with Gasteiger partial charge in [-0.15, -0.1) is 0 Å². The highest BCUT2D eigenvalue weighted by Crippen LogP contribution is 2.30. The van der Waals surface area contributed by atoms with Crippen molar-refractivity contribution in [2.45, 2.75) is 33.1 Å². The average Bonchev–Trinajstić information content (AvgIpc) is 2.81. The number of carbonyl (C=O) groups is 3. The first-order valence-corrected chi connectivity index (χ1v) is 10.9. The lowest BCUT2D eigenvalue weighted by molar-refractivity contribution is -0.122. The van der Waals surface area contributed by atoms with Crippen molar-refractivity contribution in [3.05, 3.63) is 53.6 Å². The molecule has 3 rings (SSSR count). The van der Waals surface area contributed by atoms with E-state index >= 15 is 0 Å². The fourth-order valence-corrected chi connectivity index (χ4v) is 3.19. The van der Waals surface area contributed by atoms with Crippen LogP contribution in [0.2, 0.25) is 0 Å². The first-order chi connectivity index (χ1) is 16.0. The van der Waals surface area contributed by atoms with Gasteiger partial charge in [0.2, 0.25) is 0 Å². The SMILES string of the molecule is CCCCOc1ccc(N2C(=O)NC(=O)/C(=C/c3ccc(OCCC)c(OC)c3)C2=O)cc1. The third kappa shape index (κ3) is 5.71. The van der Waals surface area contributed by atoms with Crippen LogP contribution >= 0.6 is 0 Å². The number of imide groups is 2. The molecule has 2 aromatic carbocycles. The van der Waals surface area contributed by atoms with Gasteiger partial charge in [0, 0.05) is 0 Å². The molecule has 1 N–H and O–H groups in total. The van der Waals surface area contributed by atoms with Crippen molar-refractivity contribution in [2.75, 3.05) is 25.2 Å². The molecule has 0 aliphatic carbocycles. The Morgan fingerprint density at radius 3 is 2.33 bits per heavy atom. The summed E-state index contributed by atoms with van der Waals surface area (Å²) in [6.07, 6.45) is 4.22. The van der Waals surface area contributed by atoms with Crippen LogP contribution in [-0.2, 0) is 9.59 Å². The van der Waals surface area contributed by atoms with E-state index in [2.05, 4.69) is 12.2 Å². The maximum absolute atomic E-state index is 13.1. The molecule has 8 heteroatoms. The number of rotatable bonds is 10. The molecule has 0 atom stereocenters. The van der Waals surface area contributed by atoms with Crippen molar-refractivity contribution in [1.29, 1.82) is 0 Å². The molecule has 33 heavy (non-hydrogen) atoms. The predicted octanol–water partition coefficient (Wildman–Crippen LogP) is 4.33. The number of unbranched alkanes of at least 4 members (excludes halogenated alkanes) is 1. The Hall–Kier alpha value is -3.81. The zero-order valence-corrected chi connectivity index (χ0v) is 19.1. The topological polar surface area (TPSA) is 94.2 Å². The summed E-state index contributed by atoms with van der Waals surface area (Å²) in [6.45, 7) is 5.20. The standard InChI is InChI=1S/C25H28N2O6/c1-4-6-14-32-19-10-8-18(9-11-19)27-24(29)20(23(28)26-25(27)30)15-17-7-12-21(33-13-5-2)22(16-17)31-3/h7-12,15-16H,4-6,13-14H2,1-3H3,(H,26,28,30)/b20-15-. The van der Waals surface area contributed by atoms with Crippen LogP contribution in [0.5, 0.6) is 17.2 Å². The van der Waals surface area contributed by atoms with Crippen LogP contribution in [0.1, 0.15) is 38.7 Å². The van der Waals surface area contributed by atoms with Crippen molar-refractivity contribution >= 4 is 29.6 Å². The van der Waals surface area contributed by atoms with Crippen LogP contribution in [0.15, 0.2) is 48.0 Å². The number of urea groups is 1. The molecular weight excluding hydrogens is 424 g/mol. The van der Waals surface area contributed by atoms with Gasteiger partial charge >= 0.3 is 6.03 Å². The minimum Gasteiger partial charge on any atom is -0.494 e. The van der Waals surface area contributed by atoms with Crippen LogP contribution < -0.4 is 24.4 Å². The number of hydrogen-bond donors (Lipinski definition) is 1. The minimum absolute atomic E-state index is 0.165. The van der Waals surface area contributed by atoms with Crippen LogP contribution in [0.3, 0.4) is 0 Å². The fourth-order valence-electron chi connectivity index (χ4n) is 3.19. The van der Waals surface area contributed by atoms with E-state index < -0.39 is 17.8 Å². The maximum atomic E-state index is 13.1. The molecule has 0 saturated carbocycles. The van der Waals surface area contributed by atoms with Gasteiger partial charge in [0.1, 0.15) is 11.3 Å². The molecule has 2 aromatic rings. The number of methoxy groups -OCH3 is 1. The summed E-state index contributed by atoms with van der Waals surface area (Å²) in [4.78, 5) is 38.9. The summed E-state index contributed by atoms with van der Waals surface area (Å²) in [5.41, 5.74) is 0.727. The Bertz CT molecular complexity index is 1050. The second-order valence-electron chi connectivity index (χ2n) is 7.41. The highest BCUT2D eigenvalue weighted by atomic mass is 16.5. The maximum Gasteiger partial charge on any atom is 0.335 e. The Kier molecular flexibility index (Phi) is 8.07. The molecular formula is C25H28N2O6. The van der Waals surface area contributed by atoms with Crippen molar-refractivity contribution in [3.8, 4) is 17.2 Å². The first-order valence-electron chi connectivity index (χ1n) is 10.9. The lowest BCUT2D eigenvalue weighted by atomic mass is 10.1. The summed E-state index contributed by atoms with van der Waals surface area (Å²) in [5, 5.41) is 2.22. The molecule has 1 fully saturated rings. The lowest BCUT2D eigenvalue weighted by Gasteiger charge is -2.26. The number of hydrogen-bond acceptors (Lipinski definition) is 6. The molecule has 0 unspecified atom stereocenters. The predicted molar refractivity (Wildman–Crippen MR) is 125 cm³/mol. The molecule has 1 aliphatic rings. The highest BCUT2D eigenvalue weighted by Gasteiger charge is 2.36. The van der Waals surface area contributed by atoms with E-state index in [1.165, 1.54) is 13.2 Å². The van der Waals surface area contributed by atoms with Crippen LogP contribution in [-0.4, -0.2) is 38.2 Å². The van der Waals surface area contributed by atoms with Crippen LogP contribution in [0.4, 0.5) is 10.5 Å². The van der Waals surface area contributed by atoms with Crippen molar-refractivity contribution in [2.24, 2.45) is 0 Å². The molecule has 0 radical (unpaired) electrons. The van der Waals surface area contributed by atoms with E-state index in [1.807, 2.05) is 6.92 Å². The quantitative estimate of drug-likeness (QED) is 0.328. The number of amides is 4. The zero-order chi connectivity index (χ0) is 23.8. The molecule has 1 heterocycles. The Balaban J connectivity index is 1.85. The number of anilines is 1. The summed E-state index contributed by atoms with van der Waals surface area (Å²) < 4.78 is 16.6. The summed E-state index contributed by atoms with van der Waals surface area (Å²) in [5.74, 6) is 0.216. The minimum atomic E-state index is -0.803. The van der Waals surface area contributed by atoms with Gasteiger partial charge in [-0.25, -0.2) is 9.69 Å². The molecule has 1 saturated heterocycles. The van der Waals surface area contributed by atoms with Gasteiger partial charge in [0.05, 0.1) is 26.0 Å².